The van der Waals surface area contributed by atoms with Crippen molar-refractivity contribution in [3.8, 4) is 0 Å². The molecule has 260 valence electrons. The van der Waals surface area contributed by atoms with Gasteiger partial charge in [0, 0.05) is 51.2 Å². The van der Waals surface area contributed by atoms with E-state index in [0.29, 0.717) is 0 Å². The number of benzene rings is 7. The molecule has 0 saturated carbocycles. The van der Waals surface area contributed by atoms with Gasteiger partial charge in [0.1, 0.15) is 5.82 Å². The minimum atomic E-state index is -1.12. The zero-order valence-corrected chi connectivity index (χ0v) is 31.3. The molecule has 0 aliphatic carbocycles. The molecule has 0 N–H and O–H groups in total. The topological polar surface area (TPSA) is 9.72 Å². The van der Waals surface area contributed by atoms with Gasteiger partial charge in [0.15, 0.2) is 0 Å². The van der Waals surface area contributed by atoms with Crippen molar-refractivity contribution in [1.82, 2.24) is 0 Å². The van der Waals surface area contributed by atoms with Gasteiger partial charge in [0.2, 0.25) is 0 Å². The first-order chi connectivity index (χ1) is 25.8. The van der Waals surface area contributed by atoms with E-state index < -0.39 is 10.0 Å². The lowest BCUT2D eigenvalue weighted by molar-refractivity contribution is 0.628. The Morgan fingerprint density at radius 3 is 1.75 bits per heavy atom. The molecule has 2 aliphatic heterocycles. The number of anilines is 9. The van der Waals surface area contributed by atoms with Gasteiger partial charge in [0.25, 0.3) is 6.71 Å². The number of hydrogen-bond acceptors (Lipinski definition) is 3. The molecule has 0 fully saturated rings. The molecular formula is C47H41BFN3S. The maximum Gasteiger partial charge on any atom is 0.252 e. The Bertz CT molecular complexity index is 2470. The Kier molecular flexibility index (Phi) is 8.16. The summed E-state index contributed by atoms with van der Waals surface area (Å²) in [5, 5.41) is 0. The minimum Gasteiger partial charge on any atom is -0.311 e. The normalized spacial score (nSPS) is 13.3. The van der Waals surface area contributed by atoms with E-state index in [1.807, 2.05) is 12.1 Å². The first-order valence-electron chi connectivity index (χ1n) is 18.3. The number of hydrogen-bond donors (Lipinski definition) is 0. The third kappa shape index (κ3) is 5.52. The average molecular weight is 710 g/mol. The summed E-state index contributed by atoms with van der Waals surface area (Å²) in [6.07, 6.45) is 4.88. The quantitative estimate of drug-likeness (QED) is 0.153. The Labute approximate surface area is 314 Å². The Balaban J connectivity index is 1.37. The van der Waals surface area contributed by atoms with Crippen LogP contribution in [-0.2, 0) is 0 Å². The predicted molar refractivity (Wildman–Crippen MR) is 228 cm³/mol. The van der Waals surface area contributed by atoms with Gasteiger partial charge in [-0.3, -0.25) is 0 Å². The molecule has 0 unspecified atom stereocenters. The summed E-state index contributed by atoms with van der Waals surface area (Å²) < 4.78 is 14.3. The van der Waals surface area contributed by atoms with Gasteiger partial charge in [0.05, 0.1) is 0 Å². The maximum atomic E-state index is 14.3. The van der Waals surface area contributed by atoms with E-state index in [1.54, 1.807) is 12.1 Å². The van der Waals surface area contributed by atoms with Gasteiger partial charge >= 0.3 is 0 Å². The van der Waals surface area contributed by atoms with Crippen LogP contribution in [0.15, 0.2) is 169 Å². The summed E-state index contributed by atoms with van der Waals surface area (Å²) in [5.74, 6) is 0.839. The summed E-state index contributed by atoms with van der Waals surface area (Å²) >= 11 is 0. The fourth-order valence-electron chi connectivity index (χ4n) is 8.07. The van der Waals surface area contributed by atoms with E-state index in [-0.39, 0.29) is 12.5 Å². The summed E-state index contributed by atoms with van der Waals surface area (Å²) in [7, 11) is -1.12. The zero-order valence-electron chi connectivity index (χ0n) is 30.5. The second-order valence-corrected chi connectivity index (χ2v) is 18.5. The number of aryl methyl sites for hydroxylation is 1. The van der Waals surface area contributed by atoms with Gasteiger partial charge in [-0.2, -0.15) is 0 Å². The van der Waals surface area contributed by atoms with Crippen molar-refractivity contribution in [1.29, 1.82) is 0 Å². The Morgan fingerprint density at radius 2 is 1.11 bits per heavy atom. The lowest BCUT2D eigenvalue weighted by Gasteiger charge is -2.46. The molecule has 2 heterocycles. The molecule has 0 amide bonds. The SMILES string of the molecule is CCS(C)(C)c1cc2c3c(c1)N(c1ccccc1)c1cc(N(c4ccc(F)cc4)c4ccccc4C)ccc1B3c1ccccc1N2c1ccccc1. The molecule has 7 aromatic carbocycles. The minimum absolute atomic E-state index is 0.0201. The van der Waals surface area contributed by atoms with Crippen molar-refractivity contribution in [3.05, 3.63) is 175 Å². The summed E-state index contributed by atoms with van der Waals surface area (Å²) in [6, 6.07) is 57.7. The van der Waals surface area contributed by atoms with E-state index in [4.69, 9.17) is 0 Å². The monoisotopic (exact) mass is 709 g/mol. The molecule has 6 heteroatoms. The van der Waals surface area contributed by atoms with Crippen molar-refractivity contribution in [2.75, 3.05) is 33.0 Å². The largest absolute Gasteiger partial charge is 0.311 e. The number of nitrogens with zero attached hydrogens (tertiary/aromatic N) is 3. The van der Waals surface area contributed by atoms with Gasteiger partial charge < -0.3 is 14.7 Å². The second-order valence-electron chi connectivity index (χ2n) is 14.4. The molecule has 3 nitrogen and oxygen atoms in total. The van der Waals surface area contributed by atoms with Crippen LogP contribution < -0.4 is 31.1 Å². The molecule has 0 radical (unpaired) electrons. The molecule has 0 atom stereocenters. The molecule has 2 aliphatic rings. The van der Waals surface area contributed by atoms with Crippen molar-refractivity contribution >= 4 is 84.3 Å². The number of rotatable bonds is 7. The number of para-hydroxylation sites is 4. The van der Waals surface area contributed by atoms with E-state index in [1.165, 1.54) is 38.3 Å². The van der Waals surface area contributed by atoms with Crippen LogP contribution in [0.5, 0.6) is 0 Å². The molecule has 9 rings (SSSR count). The molecule has 0 saturated heterocycles. The van der Waals surface area contributed by atoms with E-state index in [9.17, 15) is 4.39 Å². The fraction of sp³-hybridized carbons (Fsp3) is 0.106. The van der Waals surface area contributed by atoms with Crippen LogP contribution in [0.1, 0.15) is 12.5 Å². The molecule has 0 aromatic heterocycles. The van der Waals surface area contributed by atoms with Gasteiger partial charge in [-0.15, -0.1) is 0 Å². The molecule has 0 spiro atoms. The molecule has 53 heavy (non-hydrogen) atoms. The summed E-state index contributed by atoms with van der Waals surface area (Å²) in [5.41, 5.74) is 15.1. The fourth-order valence-corrected chi connectivity index (χ4v) is 9.27. The Morgan fingerprint density at radius 1 is 0.566 bits per heavy atom. The van der Waals surface area contributed by atoms with Crippen molar-refractivity contribution < 1.29 is 4.39 Å². The van der Waals surface area contributed by atoms with Crippen molar-refractivity contribution in [2.45, 2.75) is 18.7 Å². The zero-order chi connectivity index (χ0) is 36.3. The lowest BCUT2D eigenvalue weighted by atomic mass is 9.33. The van der Waals surface area contributed by atoms with E-state index in [0.717, 1.165) is 45.4 Å². The third-order valence-corrected chi connectivity index (χ3v) is 14.0. The maximum absolute atomic E-state index is 14.3. The van der Waals surface area contributed by atoms with Crippen LogP contribution in [-0.4, -0.2) is 25.0 Å². The van der Waals surface area contributed by atoms with Crippen molar-refractivity contribution in [3.63, 3.8) is 0 Å². The van der Waals surface area contributed by atoms with Crippen LogP contribution >= 0.6 is 10.0 Å². The highest BCUT2D eigenvalue weighted by Crippen LogP contribution is 2.54. The van der Waals surface area contributed by atoms with Gasteiger partial charge in [-0.1, -0.05) is 85.8 Å². The van der Waals surface area contributed by atoms with Gasteiger partial charge in [-0.25, -0.2) is 14.4 Å². The van der Waals surface area contributed by atoms with Crippen LogP contribution in [0.3, 0.4) is 0 Å². The van der Waals surface area contributed by atoms with Crippen LogP contribution in [0.2, 0.25) is 0 Å². The Hall–Kier alpha value is -5.72. The first kappa shape index (κ1) is 33.1. The predicted octanol–water partition coefficient (Wildman–Crippen LogP) is 11.1. The number of fused-ring (bicyclic) bond motifs is 4. The first-order valence-corrected chi connectivity index (χ1v) is 20.9. The number of halogens is 1. The smallest absolute Gasteiger partial charge is 0.252 e. The third-order valence-electron chi connectivity index (χ3n) is 11.0. The average Bonchev–Trinajstić information content (AvgIpc) is 3.19. The van der Waals surface area contributed by atoms with E-state index in [2.05, 4.69) is 181 Å². The van der Waals surface area contributed by atoms with E-state index >= 15 is 0 Å². The summed E-state index contributed by atoms with van der Waals surface area (Å²) in [4.78, 5) is 8.62. The molecule has 7 aromatic rings. The second kappa shape index (κ2) is 13.0. The van der Waals surface area contributed by atoms with Crippen molar-refractivity contribution in [2.24, 2.45) is 0 Å². The van der Waals surface area contributed by atoms with Crippen LogP contribution in [0, 0.1) is 12.7 Å². The van der Waals surface area contributed by atoms with Crippen LogP contribution in [0.4, 0.5) is 55.6 Å². The summed E-state index contributed by atoms with van der Waals surface area (Å²) in [6.45, 7) is 4.47. The van der Waals surface area contributed by atoms with Gasteiger partial charge in [-0.05, 0) is 137 Å². The highest BCUT2D eigenvalue weighted by atomic mass is 32.3. The standard InChI is InChI=1S/C47H41BFN3S/c1-5-53(3,4)39-31-45-47-46(32-39)52(36-19-10-7-11-20-36)44-30-38(50(37-26-24-34(49)25-27-37)42-22-14-12-16-33(42)2)28-29-41(44)48(47)40-21-13-15-23-43(40)51(45)35-17-8-6-9-18-35/h6-32H,5H2,1-4H3. The molecule has 0 bridgehead atoms. The molecular weight excluding hydrogens is 668 g/mol. The lowest BCUT2D eigenvalue weighted by Crippen LogP contribution is -2.61. The highest BCUT2D eigenvalue weighted by molar-refractivity contribution is 8.32. The highest BCUT2D eigenvalue weighted by Gasteiger charge is 2.44. The van der Waals surface area contributed by atoms with Crippen LogP contribution in [0.25, 0.3) is 0 Å².